The second-order valence-electron chi connectivity index (χ2n) is 9.87. The topological polar surface area (TPSA) is 114 Å². The molecule has 0 radical (unpaired) electrons. The van der Waals surface area contributed by atoms with Crippen molar-refractivity contribution in [2.45, 2.75) is 57.5 Å². The molecule has 0 aliphatic carbocycles. The molecule has 1 fully saturated rings. The molecule has 3 unspecified atom stereocenters. The molecule has 9 nitrogen and oxygen atoms in total. The molecule has 1 aromatic heterocycles. The molecule has 3 atom stereocenters. The van der Waals surface area contributed by atoms with Crippen molar-refractivity contribution in [1.29, 1.82) is 0 Å². The highest BCUT2D eigenvalue weighted by Crippen LogP contribution is 2.41. The number of ether oxygens (including phenoxy) is 1. The fourth-order valence-electron chi connectivity index (χ4n) is 5.59. The van der Waals surface area contributed by atoms with Crippen LogP contribution in [0.5, 0.6) is 5.75 Å². The van der Waals surface area contributed by atoms with Crippen molar-refractivity contribution < 1.29 is 19.4 Å². The smallest absolute Gasteiger partial charge is 0.308 e. The zero-order valence-electron chi connectivity index (χ0n) is 21.2. The number of rotatable bonds is 13. The molecule has 2 aliphatic heterocycles. The summed E-state index contributed by atoms with van der Waals surface area (Å²) < 4.78 is 7.49. The number of carboxylic acid groups (broad SMARTS) is 1. The number of unbranched alkanes of at least 4 members (excludes halogenated alkanes) is 1. The van der Waals surface area contributed by atoms with Crippen LogP contribution in [0.15, 0.2) is 36.7 Å². The molecular weight excluding hydrogens is 458 g/mol. The third kappa shape index (κ3) is 6.07. The Bertz CT molecular complexity index is 1000. The van der Waals surface area contributed by atoms with Gasteiger partial charge in [0.15, 0.2) is 0 Å². The minimum Gasteiger partial charge on any atom is -0.493 e. The Kier molecular flexibility index (Phi) is 8.98. The Hall–Kier alpha value is -2.91. The lowest BCUT2D eigenvalue weighted by molar-refractivity contribution is -0.144. The summed E-state index contributed by atoms with van der Waals surface area (Å²) in [4.78, 5) is 30.1. The maximum absolute atomic E-state index is 13.4. The summed E-state index contributed by atoms with van der Waals surface area (Å²) >= 11 is 0. The molecule has 36 heavy (non-hydrogen) atoms. The van der Waals surface area contributed by atoms with Crippen LogP contribution >= 0.6 is 0 Å². The first kappa shape index (κ1) is 26.2. The number of nitrogens with two attached hydrogens (primary N) is 1. The van der Waals surface area contributed by atoms with E-state index in [2.05, 4.69) is 23.0 Å². The average molecular weight is 498 g/mol. The number of hydrogen-bond acceptors (Lipinski definition) is 6. The van der Waals surface area contributed by atoms with Crippen molar-refractivity contribution in [2.24, 2.45) is 11.7 Å². The molecule has 0 spiro atoms. The third-order valence-electron chi connectivity index (χ3n) is 7.49. The molecule has 2 aliphatic rings. The van der Waals surface area contributed by atoms with Crippen LogP contribution in [-0.2, 0) is 22.6 Å². The first-order valence-corrected chi connectivity index (χ1v) is 13.2. The highest BCUT2D eigenvalue weighted by atomic mass is 16.5. The molecule has 196 valence electrons. The molecule has 0 bridgehead atoms. The highest BCUT2D eigenvalue weighted by Gasteiger charge is 2.47. The van der Waals surface area contributed by atoms with Gasteiger partial charge in [0, 0.05) is 57.0 Å². The van der Waals surface area contributed by atoms with E-state index in [4.69, 9.17) is 10.5 Å². The summed E-state index contributed by atoms with van der Waals surface area (Å²) in [6.07, 6.45) is 7.76. The fraction of sp³-hybridized carbons (Fsp3) is 0.593. The Morgan fingerprint density at radius 3 is 2.83 bits per heavy atom. The Morgan fingerprint density at radius 2 is 2.11 bits per heavy atom. The van der Waals surface area contributed by atoms with E-state index in [1.54, 1.807) is 6.20 Å². The molecule has 2 aromatic rings. The number of carbonyl (C=O) groups excluding carboxylic acids is 1. The van der Waals surface area contributed by atoms with Gasteiger partial charge in [-0.15, -0.1) is 0 Å². The number of aromatic nitrogens is 2. The molecule has 1 saturated heterocycles. The zero-order valence-corrected chi connectivity index (χ0v) is 21.2. The van der Waals surface area contributed by atoms with Crippen molar-refractivity contribution in [3.05, 3.63) is 47.8 Å². The van der Waals surface area contributed by atoms with Gasteiger partial charge < -0.3 is 20.5 Å². The molecule has 9 heteroatoms. The van der Waals surface area contributed by atoms with E-state index in [1.165, 1.54) is 0 Å². The van der Waals surface area contributed by atoms with E-state index < -0.39 is 11.9 Å². The van der Waals surface area contributed by atoms with Crippen molar-refractivity contribution in [3.8, 4) is 5.75 Å². The van der Waals surface area contributed by atoms with Crippen molar-refractivity contribution in [2.75, 3.05) is 39.3 Å². The Morgan fingerprint density at radius 1 is 1.28 bits per heavy atom. The third-order valence-corrected chi connectivity index (χ3v) is 7.49. The minimum atomic E-state index is -0.817. The van der Waals surface area contributed by atoms with Gasteiger partial charge in [0.2, 0.25) is 5.91 Å². The summed E-state index contributed by atoms with van der Waals surface area (Å²) in [5, 5.41) is 14.7. The van der Waals surface area contributed by atoms with E-state index in [1.807, 2.05) is 34.0 Å². The van der Waals surface area contributed by atoms with Gasteiger partial charge in [0.1, 0.15) is 5.75 Å². The molecule has 4 rings (SSSR count). The van der Waals surface area contributed by atoms with Gasteiger partial charge in [0.05, 0.1) is 19.1 Å². The maximum atomic E-state index is 13.4. The lowest BCUT2D eigenvalue weighted by Gasteiger charge is -2.29. The molecule has 3 N–H and O–H groups in total. The van der Waals surface area contributed by atoms with Crippen molar-refractivity contribution in [3.63, 3.8) is 0 Å². The van der Waals surface area contributed by atoms with Crippen LogP contribution in [-0.4, -0.2) is 81.9 Å². The van der Waals surface area contributed by atoms with Gasteiger partial charge in [-0.1, -0.05) is 25.5 Å². The Labute approximate surface area is 213 Å². The Balaban J connectivity index is 1.58. The number of carbonyl (C=O) groups is 2. The summed E-state index contributed by atoms with van der Waals surface area (Å²) in [6, 6.07) is 7.65. The summed E-state index contributed by atoms with van der Waals surface area (Å²) in [5.74, 6) is -0.688. The van der Waals surface area contributed by atoms with E-state index >= 15 is 0 Å². The first-order valence-electron chi connectivity index (χ1n) is 13.2. The van der Waals surface area contributed by atoms with Crippen LogP contribution in [0.2, 0.25) is 0 Å². The number of aryl methyl sites for hydroxylation is 1. The molecular formula is C27H39N5O4. The SMILES string of the molecule is CCCCN(CCCN)C(=O)CN1CC(c2ccc3c(c2)CCO3)C(C(=O)O)C1CCn1cccn1. The first-order chi connectivity index (χ1) is 17.5. The monoisotopic (exact) mass is 497 g/mol. The number of fused-ring (bicyclic) bond motifs is 1. The van der Waals surface area contributed by atoms with Gasteiger partial charge in [0.25, 0.3) is 0 Å². The maximum Gasteiger partial charge on any atom is 0.308 e. The highest BCUT2D eigenvalue weighted by molar-refractivity contribution is 5.79. The van der Waals surface area contributed by atoms with Crippen LogP contribution in [0.3, 0.4) is 0 Å². The largest absolute Gasteiger partial charge is 0.493 e. The van der Waals surface area contributed by atoms with Gasteiger partial charge >= 0.3 is 5.97 Å². The number of aliphatic carboxylic acids is 1. The summed E-state index contributed by atoms with van der Waals surface area (Å²) in [6.45, 7) is 6.00. The van der Waals surface area contributed by atoms with Crippen LogP contribution in [0, 0.1) is 5.92 Å². The molecule has 1 aromatic carbocycles. The van der Waals surface area contributed by atoms with Crippen LogP contribution in [0.4, 0.5) is 0 Å². The predicted octanol–water partition coefficient (Wildman–Crippen LogP) is 2.35. The van der Waals surface area contributed by atoms with E-state index in [0.717, 1.165) is 42.6 Å². The van der Waals surface area contributed by atoms with E-state index in [9.17, 15) is 14.7 Å². The number of nitrogens with zero attached hydrogens (tertiary/aromatic N) is 4. The number of amides is 1. The van der Waals surface area contributed by atoms with Crippen LogP contribution < -0.4 is 10.5 Å². The fourth-order valence-corrected chi connectivity index (χ4v) is 5.59. The van der Waals surface area contributed by atoms with Gasteiger partial charge in [-0.25, -0.2) is 0 Å². The van der Waals surface area contributed by atoms with Gasteiger partial charge in [-0.3, -0.25) is 19.2 Å². The lowest BCUT2D eigenvalue weighted by atomic mass is 9.83. The van der Waals surface area contributed by atoms with Crippen LogP contribution in [0.1, 0.15) is 49.7 Å². The van der Waals surface area contributed by atoms with Crippen LogP contribution in [0.25, 0.3) is 0 Å². The summed E-state index contributed by atoms with van der Waals surface area (Å²) in [7, 11) is 0. The lowest BCUT2D eigenvalue weighted by Crippen LogP contribution is -2.45. The predicted molar refractivity (Wildman–Crippen MR) is 137 cm³/mol. The van der Waals surface area contributed by atoms with E-state index in [0.29, 0.717) is 45.8 Å². The van der Waals surface area contributed by atoms with Crippen molar-refractivity contribution >= 4 is 11.9 Å². The number of hydrogen-bond donors (Lipinski definition) is 2. The normalized spacial score (nSPS) is 21.3. The molecule has 0 saturated carbocycles. The van der Waals surface area contributed by atoms with Crippen molar-refractivity contribution in [1.82, 2.24) is 19.6 Å². The zero-order chi connectivity index (χ0) is 25.5. The number of benzene rings is 1. The number of likely N-dealkylation sites (tertiary alicyclic amines) is 1. The van der Waals surface area contributed by atoms with Gasteiger partial charge in [-0.05, 0) is 49.1 Å². The molecule has 1 amide bonds. The minimum absolute atomic E-state index is 0.0492. The molecule has 3 heterocycles. The second kappa shape index (κ2) is 12.4. The average Bonchev–Trinajstić information content (AvgIpc) is 3.62. The quantitative estimate of drug-likeness (QED) is 0.437. The standard InChI is InChI=1S/C27H39N5O4/c1-2-3-12-30(13-4-10-28)25(33)19-31-18-22(20-6-7-24-21(17-20)9-16-36-24)26(27(34)35)23(31)8-15-32-14-5-11-29-32/h5-7,11,14,17,22-23,26H,2-4,8-10,12-13,15-16,18-19,28H2,1H3,(H,34,35). The number of carboxylic acids is 1. The second-order valence-corrected chi connectivity index (χ2v) is 9.87. The van der Waals surface area contributed by atoms with E-state index in [-0.39, 0.29) is 24.4 Å². The summed E-state index contributed by atoms with van der Waals surface area (Å²) in [5.41, 5.74) is 7.86. The van der Waals surface area contributed by atoms with Gasteiger partial charge in [-0.2, -0.15) is 5.10 Å².